The third-order valence-corrected chi connectivity index (χ3v) is 7.48. The summed E-state index contributed by atoms with van der Waals surface area (Å²) in [4.78, 5) is 27.6. The zero-order valence-electron chi connectivity index (χ0n) is 21.5. The van der Waals surface area contributed by atoms with Gasteiger partial charge in [0.1, 0.15) is 0 Å². The van der Waals surface area contributed by atoms with Gasteiger partial charge in [-0.05, 0) is 35.1 Å². The summed E-state index contributed by atoms with van der Waals surface area (Å²) < 4.78 is 0. The van der Waals surface area contributed by atoms with E-state index in [0.29, 0.717) is 0 Å². The SMILES string of the molecule is O=C(N[C@H]1CCCC[C@@H]1NC(=O)C(c1ccccc1)c1ccccc1)C(c1ccccc1)c1ccccc1. The molecule has 0 unspecified atom stereocenters. The van der Waals surface area contributed by atoms with Crippen molar-refractivity contribution >= 4 is 11.8 Å². The number of carbonyl (C=O) groups is 2. The molecule has 0 bridgehead atoms. The lowest BCUT2D eigenvalue weighted by atomic mass is 9.86. The van der Waals surface area contributed by atoms with E-state index in [1.165, 1.54) is 0 Å². The quantitative estimate of drug-likeness (QED) is 0.302. The average molecular weight is 503 g/mol. The van der Waals surface area contributed by atoms with E-state index < -0.39 is 11.8 Å². The smallest absolute Gasteiger partial charge is 0.232 e. The van der Waals surface area contributed by atoms with E-state index in [9.17, 15) is 9.59 Å². The van der Waals surface area contributed by atoms with Crippen molar-refractivity contribution in [3.8, 4) is 0 Å². The summed E-state index contributed by atoms with van der Waals surface area (Å²) in [5.74, 6) is -0.874. The number of nitrogens with one attached hydrogen (secondary N) is 2. The fourth-order valence-corrected chi connectivity index (χ4v) is 5.58. The van der Waals surface area contributed by atoms with Crippen LogP contribution in [0.4, 0.5) is 0 Å². The highest BCUT2D eigenvalue weighted by atomic mass is 16.2. The third kappa shape index (κ3) is 6.03. The van der Waals surface area contributed by atoms with Gasteiger partial charge in [0.25, 0.3) is 0 Å². The van der Waals surface area contributed by atoms with E-state index >= 15 is 0 Å². The summed E-state index contributed by atoms with van der Waals surface area (Å²) in [6.45, 7) is 0. The lowest BCUT2D eigenvalue weighted by Gasteiger charge is -2.35. The van der Waals surface area contributed by atoms with E-state index in [1.54, 1.807) is 0 Å². The summed E-state index contributed by atoms with van der Waals surface area (Å²) in [7, 11) is 0. The molecule has 4 aromatic rings. The Hall–Kier alpha value is -4.18. The Morgan fingerprint density at radius 3 is 1.00 bits per heavy atom. The molecule has 4 heteroatoms. The topological polar surface area (TPSA) is 58.2 Å². The molecule has 192 valence electrons. The summed E-state index contributed by atoms with van der Waals surface area (Å²) in [5, 5.41) is 6.67. The van der Waals surface area contributed by atoms with E-state index in [-0.39, 0.29) is 23.9 Å². The molecule has 0 saturated heterocycles. The van der Waals surface area contributed by atoms with Crippen molar-refractivity contribution < 1.29 is 9.59 Å². The second kappa shape index (κ2) is 12.4. The molecule has 1 fully saturated rings. The second-order valence-electron chi connectivity index (χ2n) is 10.0. The van der Waals surface area contributed by atoms with E-state index in [0.717, 1.165) is 47.9 Å². The van der Waals surface area contributed by atoms with Crippen molar-refractivity contribution in [2.75, 3.05) is 0 Å². The van der Waals surface area contributed by atoms with Crippen LogP contribution in [0.15, 0.2) is 121 Å². The van der Waals surface area contributed by atoms with E-state index in [2.05, 4.69) is 10.6 Å². The molecule has 4 nitrogen and oxygen atoms in total. The van der Waals surface area contributed by atoms with Crippen LogP contribution >= 0.6 is 0 Å². The number of hydrogen-bond donors (Lipinski definition) is 2. The normalized spacial score (nSPS) is 17.2. The van der Waals surface area contributed by atoms with Gasteiger partial charge in [-0.3, -0.25) is 9.59 Å². The molecule has 4 aromatic carbocycles. The highest BCUT2D eigenvalue weighted by molar-refractivity contribution is 5.89. The molecule has 0 spiro atoms. The van der Waals surface area contributed by atoms with Gasteiger partial charge in [-0.15, -0.1) is 0 Å². The Kier molecular flexibility index (Phi) is 8.29. The minimum atomic E-state index is -0.405. The summed E-state index contributed by atoms with van der Waals surface area (Å²) in [5.41, 5.74) is 3.84. The molecule has 2 amide bonds. The van der Waals surface area contributed by atoms with Gasteiger partial charge < -0.3 is 10.6 Å². The van der Waals surface area contributed by atoms with Gasteiger partial charge >= 0.3 is 0 Å². The van der Waals surface area contributed by atoms with Gasteiger partial charge in [0, 0.05) is 12.1 Å². The first-order valence-electron chi connectivity index (χ1n) is 13.5. The first-order chi connectivity index (χ1) is 18.7. The van der Waals surface area contributed by atoms with Crippen LogP contribution in [-0.4, -0.2) is 23.9 Å². The van der Waals surface area contributed by atoms with Crippen LogP contribution < -0.4 is 10.6 Å². The van der Waals surface area contributed by atoms with Crippen LogP contribution in [0.2, 0.25) is 0 Å². The van der Waals surface area contributed by atoms with Crippen molar-refractivity contribution in [3.05, 3.63) is 144 Å². The Morgan fingerprint density at radius 1 is 0.474 bits per heavy atom. The molecule has 5 rings (SSSR count). The minimum Gasteiger partial charge on any atom is -0.350 e. The molecular formula is C34H34N2O2. The van der Waals surface area contributed by atoms with Gasteiger partial charge in [-0.2, -0.15) is 0 Å². The molecule has 1 aliphatic rings. The number of hydrogen-bond acceptors (Lipinski definition) is 2. The molecule has 1 aliphatic carbocycles. The molecule has 0 heterocycles. The Labute approximate surface area is 225 Å². The summed E-state index contributed by atoms with van der Waals surface area (Å²) >= 11 is 0. The van der Waals surface area contributed by atoms with Crippen LogP contribution in [0.3, 0.4) is 0 Å². The molecule has 0 aliphatic heterocycles. The number of amides is 2. The molecule has 0 radical (unpaired) electrons. The standard InChI is InChI=1S/C34H34N2O2/c37-33(31(25-15-5-1-6-16-25)26-17-7-2-8-18-26)35-29-23-13-14-24-30(29)36-34(38)32(27-19-9-3-10-20-27)28-21-11-4-12-22-28/h1-12,15-22,29-32H,13-14,23-24H2,(H,35,37)(H,36,38)/t29-,30-/m0/s1. The van der Waals surface area contributed by atoms with Crippen molar-refractivity contribution in [1.29, 1.82) is 0 Å². The number of rotatable bonds is 8. The number of benzene rings is 4. The van der Waals surface area contributed by atoms with Crippen LogP contribution in [-0.2, 0) is 9.59 Å². The minimum absolute atomic E-state index is 0.0313. The fraction of sp³-hybridized carbons (Fsp3) is 0.235. The Balaban J connectivity index is 1.37. The molecular weight excluding hydrogens is 468 g/mol. The summed E-state index contributed by atoms with van der Waals surface area (Å²) in [6, 6.07) is 39.4. The fourth-order valence-electron chi connectivity index (χ4n) is 5.58. The van der Waals surface area contributed by atoms with E-state index in [1.807, 2.05) is 121 Å². The first-order valence-corrected chi connectivity index (χ1v) is 13.5. The van der Waals surface area contributed by atoms with Crippen molar-refractivity contribution in [2.24, 2.45) is 0 Å². The highest BCUT2D eigenvalue weighted by Gasteiger charge is 2.33. The van der Waals surface area contributed by atoms with Gasteiger partial charge in [0.15, 0.2) is 0 Å². The van der Waals surface area contributed by atoms with Crippen LogP contribution in [0, 0.1) is 0 Å². The zero-order chi connectivity index (χ0) is 26.2. The monoisotopic (exact) mass is 502 g/mol. The predicted octanol–water partition coefficient (Wildman–Crippen LogP) is 6.19. The van der Waals surface area contributed by atoms with Gasteiger partial charge in [0.2, 0.25) is 11.8 Å². The third-order valence-electron chi connectivity index (χ3n) is 7.48. The lowest BCUT2D eigenvalue weighted by molar-refractivity contribution is -0.125. The zero-order valence-corrected chi connectivity index (χ0v) is 21.5. The van der Waals surface area contributed by atoms with Crippen LogP contribution in [0.1, 0.15) is 59.8 Å². The maximum absolute atomic E-state index is 13.8. The molecule has 2 atom stereocenters. The van der Waals surface area contributed by atoms with Crippen molar-refractivity contribution in [1.82, 2.24) is 10.6 Å². The molecule has 0 aromatic heterocycles. The van der Waals surface area contributed by atoms with Gasteiger partial charge in [-0.25, -0.2) is 0 Å². The maximum Gasteiger partial charge on any atom is 0.232 e. The first kappa shape index (κ1) is 25.5. The van der Waals surface area contributed by atoms with E-state index in [4.69, 9.17) is 0 Å². The van der Waals surface area contributed by atoms with Crippen LogP contribution in [0.5, 0.6) is 0 Å². The largest absolute Gasteiger partial charge is 0.350 e. The average Bonchev–Trinajstić information content (AvgIpc) is 2.97. The predicted molar refractivity (Wildman–Crippen MR) is 152 cm³/mol. The Morgan fingerprint density at radius 2 is 0.737 bits per heavy atom. The maximum atomic E-state index is 13.8. The lowest BCUT2D eigenvalue weighted by Crippen LogP contribution is -2.54. The highest BCUT2D eigenvalue weighted by Crippen LogP contribution is 2.28. The number of carbonyl (C=O) groups excluding carboxylic acids is 2. The summed E-state index contributed by atoms with van der Waals surface area (Å²) in [6.07, 6.45) is 3.74. The molecule has 2 N–H and O–H groups in total. The van der Waals surface area contributed by atoms with Gasteiger partial charge in [0.05, 0.1) is 11.8 Å². The van der Waals surface area contributed by atoms with Gasteiger partial charge in [-0.1, -0.05) is 134 Å². The van der Waals surface area contributed by atoms with Crippen LogP contribution in [0.25, 0.3) is 0 Å². The molecule has 38 heavy (non-hydrogen) atoms. The molecule has 1 saturated carbocycles. The van der Waals surface area contributed by atoms with Crippen molar-refractivity contribution in [2.45, 2.75) is 49.6 Å². The Bertz CT molecular complexity index is 1130. The second-order valence-corrected chi connectivity index (χ2v) is 10.0. The van der Waals surface area contributed by atoms with Crippen molar-refractivity contribution in [3.63, 3.8) is 0 Å².